The first-order valence-corrected chi connectivity index (χ1v) is 9.73. The number of carbonyl (C=O) groups excluding carboxylic acids is 1. The van der Waals surface area contributed by atoms with Crippen LogP contribution in [0.1, 0.15) is 32.4 Å². The van der Waals surface area contributed by atoms with Gasteiger partial charge in [-0.05, 0) is 56.7 Å². The first-order valence-electron chi connectivity index (χ1n) is 9.73. The lowest BCUT2D eigenvalue weighted by Gasteiger charge is -2.27. The molecule has 4 aromatic rings. The number of rotatable bonds is 4. The fraction of sp³-hybridized carbons (Fsp3) is 0.261. The van der Waals surface area contributed by atoms with Crippen LogP contribution in [0.5, 0.6) is 5.75 Å². The Labute approximate surface area is 173 Å². The maximum Gasteiger partial charge on any atom is 0.278 e. The number of methoxy groups -OCH3 is 1. The highest BCUT2D eigenvalue weighted by Gasteiger charge is 2.29. The monoisotopic (exact) mass is 404 g/mol. The molecular weight excluding hydrogens is 380 g/mol. The SMILES string of the molecule is COc1ccc(C(C(=O)NC(C)(C)C)n2c(=O)c3ccnn3c3ccccc32)cc1. The van der Waals surface area contributed by atoms with Crippen molar-refractivity contribution in [1.29, 1.82) is 0 Å². The fourth-order valence-corrected chi connectivity index (χ4v) is 3.64. The van der Waals surface area contributed by atoms with Crippen molar-refractivity contribution in [3.63, 3.8) is 0 Å². The van der Waals surface area contributed by atoms with Gasteiger partial charge < -0.3 is 10.1 Å². The second-order valence-electron chi connectivity index (χ2n) is 8.21. The van der Waals surface area contributed by atoms with E-state index in [1.54, 1.807) is 40.6 Å². The summed E-state index contributed by atoms with van der Waals surface area (Å²) in [5, 5.41) is 7.32. The van der Waals surface area contributed by atoms with Crippen LogP contribution in [-0.4, -0.2) is 32.7 Å². The van der Waals surface area contributed by atoms with Crippen molar-refractivity contribution in [3.05, 3.63) is 76.7 Å². The van der Waals surface area contributed by atoms with Crippen LogP contribution in [0.25, 0.3) is 16.6 Å². The van der Waals surface area contributed by atoms with Crippen LogP contribution in [-0.2, 0) is 4.79 Å². The van der Waals surface area contributed by atoms with Gasteiger partial charge in [0.15, 0.2) is 0 Å². The Morgan fingerprint density at radius 2 is 1.67 bits per heavy atom. The van der Waals surface area contributed by atoms with Crippen LogP contribution < -0.4 is 15.6 Å². The third-order valence-electron chi connectivity index (χ3n) is 4.89. The molecule has 0 aliphatic carbocycles. The summed E-state index contributed by atoms with van der Waals surface area (Å²) in [6.45, 7) is 5.74. The maximum absolute atomic E-state index is 13.5. The van der Waals surface area contributed by atoms with Crippen molar-refractivity contribution in [2.24, 2.45) is 0 Å². The number of ether oxygens (including phenoxy) is 1. The number of para-hydroxylation sites is 2. The number of carbonyl (C=O) groups is 1. The van der Waals surface area contributed by atoms with Gasteiger partial charge in [-0.3, -0.25) is 14.2 Å². The second-order valence-corrected chi connectivity index (χ2v) is 8.21. The zero-order valence-corrected chi connectivity index (χ0v) is 17.4. The highest BCUT2D eigenvalue weighted by molar-refractivity contribution is 5.87. The molecule has 1 N–H and O–H groups in total. The van der Waals surface area contributed by atoms with Crippen molar-refractivity contribution in [1.82, 2.24) is 19.5 Å². The lowest BCUT2D eigenvalue weighted by Crippen LogP contribution is -2.46. The van der Waals surface area contributed by atoms with E-state index in [-0.39, 0.29) is 11.5 Å². The van der Waals surface area contributed by atoms with Crippen LogP contribution in [0.2, 0.25) is 0 Å². The minimum absolute atomic E-state index is 0.260. The smallest absolute Gasteiger partial charge is 0.278 e. The summed E-state index contributed by atoms with van der Waals surface area (Å²) in [7, 11) is 1.59. The molecule has 0 radical (unpaired) electrons. The fourth-order valence-electron chi connectivity index (χ4n) is 3.64. The third-order valence-corrected chi connectivity index (χ3v) is 4.89. The van der Waals surface area contributed by atoms with Crippen molar-refractivity contribution >= 4 is 22.5 Å². The van der Waals surface area contributed by atoms with Gasteiger partial charge in [-0.2, -0.15) is 5.10 Å². The van der Waals surface area contributed by atoms with Gasteiger partial charge in [-0.15, -0.1) is 0 Å². The average molecular weight is 404 g/mol. The number of hydrogen-bond acceptors (Lipinski definition) is 4. The molecule has 0 aliphatic heterocycles. The molecule has 154 valence electrons. The molecule has 2 aromatic heterocycles. The Hall–Kier alpha value is -3.61. The summed E-state index contributed by atoms with van der Waals surface area (Å²) in [6, 6.07) is 15.5. The van der Waals surface area contributed by atoms with Crippen molar-refractivity contribution in [2.45, 2.75) is 32.4 Å². The number of aromatic nitrogens is 3. The molecule has 0 fully saturated rings. The molecule has 0 bridgehead atoms. The molecule has 1 atom stereocenters. The highest BCUT2D eigenvalue weighted by Crippen LogP contribution is 2.26. The second kappa shape index (κ2) is 7.33. The normalized spacial score (nSPS) is 12.8. The Kier molecular flexibility index (Phi) is 4.81. The molecule has 0 aliphatic rings. The molecule has 1 unspecified atom stereocenters. The Balaban J connectivity index is 2.03. The van der Waals surface area contributed by atoms with Gasteiger partial charge in [-0.1, -0.05) is 24.3 Å². The summed E-state index contributed by atoms with van der Waals surface area (Å²) < 4.78 is 8.42. The van der Waals surface area contributed by atoms with E-state index in [4.69, 9.17) is 4.74 Å². The first kappa shape index (κ1) is 19.7. The van der Waals surface area contributed by atoms with Crippen molar-refractivity contribution < 1.29 is 9.53 Å². The van der Waals surface area contributed by atoms with E-state index in [2.05, 4.69) is 10.4 Å². The quantitative estimate of drug-likeness (QED) is 0.567. The number of benzene rings is 2. The van der Waals surface area contributed by atoms with Crippen LogP contribution in [0.4, 0.5) is 0 Å². The Morgan fingerprint density at radius 3 is 2.30 bits per heavy atom. The standard InChI is InChI=1S/C23H24N4O3/c1-23(2,3)25-21(28)20(15-9-11-16(30-4)12-10-15)26-17-7-5-6-8-18(17)27-19(22(26)29)13-14-24-27/h5-14,20H,1-4H3,(H,25,28). The van der Waals surface area contributed by atoms with Crippen molar-refractivity contribution in [3.8, 4) is 5.75 Å². The van der Waals surface area contributed by atoms with E-state index in [1.807, 2.05) is 57.2 Å². The average Bonchev–Trinajstić information content (AvgIpc) is 3.20. The van der Waals surface area contributed by atoms with E-state index in [0.29, 0.717) is 22.3 Å². The molecule has 0 saturated heterocycles. The zero-order valence-electron chi connectivity index (χ0n) is 17.4. The van der Waals surface area contributed by atoms with E-state index < -0.39 is 11.6 Å². The molecule has 30 heavy (non-hydrogen) atoms. The number of hydrogen-bond donors (Lipinski definition) is 1. The number of nitrogens with zero attached hydrogens (tertiary/aromatic N) is 3. The zero-order chi connectivity index (χ0) is 21.5. The molecule has 1 amide bonds. The Bertz CT molecular complexity index is 1280. The molecule has 7 heteroatoms. The summed E-state index contributed by atoms with van der Waals surface area (Å²) in [6.07, 6.45) is 1.59. The van der Waals surface area contributed by atoms with Gasteiger partial charge >= 0.3 is 0 Å². The van der Waals surface area contributed by atoms with E-state index >= 15 is 0 Å². The minimum atomic E-state index is -0.854. The third kappa shape index (κ3) is 3.43. The van der Waals surface area contributed by atoms with E-state index in [9.17, 15) is 9.59 Å². The highest BCUT2D eigenvalue weighted by atomic mass is 16.5. The Morgan fingerprint density at radius 1 is 1.00 bits per heavy atom. The first-order chi connectivity index (χ1) is 14.3. The molecule has 2 heterocycles. The van der Waals surface area contributed by atoms with Crippen LogP contribution in [0, 0.1) is 0 Å². The lowest BCUT2D eigenvalue weighted by atomic mass is 10.0. The minimum Gasteiger partial charge on any atom is -0.497 e. The predicted octanol–water partition coefficient (Wildman–Crippen LogP) is 3.16. The summed E-state index contributed by atoms with van der Waals surface area (Å²) in [4.78, 5) is 27.0. The van der Waals surface area contributed by atoms with Gasteiger partial charge in [0.2, 0.25) is 5.91 Å². The van der Waals surface area contributed by atoms with Crippen LogP contribution >= 0.6 is 0 Å². The van der Waals surface area contributed by atoms with Crippen LogP contribution in [0.15, 0.2) is 65.6 Å². The molecule has 7 nitrogen and oxygen atoms in total. The van der Waals surface area contributed by atoms with Gasteiger partial charge in [0.1, 0.15) is 17.3 Å². The van der Waals surface area contributed by atoms with Gasteiger partial charge in [0.05, 0.1) is 24.3 Å². The lowest BCUT2D eigenvalue weighted by molar-refractivity contribution is -0.124. The number of fused-ring (bicyclic) bond motifs is 3. The van der Waals surface area contributed by atoms with Gasteiger partial charge in [0, 0.05) is 5.54 Å². The molecular formula is C23H24N4O3. The van der Waals surface area contributed by atoms with Crippen LogP contribution in [0.3, 0.4) is 0 Å². The summed E-state index contributed by atoms with van der Waals surface area (Å²) in [5.74, 6) is 0.418. The molecule has 2 aromatic carbocycles. The summed E-state index contributed by atoms with van der Waals surface area (Å²) >= 11 is 0. The predicted molar refractivity (Wildman–Crippen MR) is 116 cm³/mol. The van der Waals surface area contributed by atoms with E-state index in [0.717, 1.165) is 5.52 Å². The molecule has 4 rings (SSSR count). The van der Waals surface area contributed by atoms with Crippen molar-refractivity contribution in [2.75, 3.05) is 7.11 Å². The topological polar surface area (TPSA) is 77.6 Å². The van der Waals surface area contributed by atoms with Gasteiger partial charge in [-0.25, -0.2) is 4.52 Å². The largest absolute Gasteiger partial charge is 0.497 e. The number of nitrogens with one attached hydrogen (secondary N) is 1. The van der Waals surface area contributed by atoms with Gasteiger partial charge in [0.25, 0.3) is 5.56 Å². The number of amides is 1. The molecule has 0 saturated carbocycles. The summed E-state index contributed by atoms with van der Waals surface area (Å²) in [5.41, 5.74) is 1.74. The van der Waals surface area contributed by atoms with E-state index in [1.165, 1.54) is 0 Å². The maximum atomic E-state index is 13.5. The molecule has 0 spiro atoms.